The Bertz CT molecular complexity index is 2330. The van der Waals surface area contributed by atoms with Crippen molar-refractivity contribution in [2.75, 3.05) is 0 Å². The van der Waals surface area contributed by atoms with E-state index in [0.717, 1.165) is 5.69 Å². The summed E-state index contributed by atoms with van der Waals surface area (Å²) in [6, 6.07) is 55.9. The zero-order valence-electron chi connectivity index (χ0n) is 27.4. The SMILES string of the molecule is Cc1cc(C)cc(-c2c3ccccc3c(-c3cc(C)cc(C)c3)c3cc(-n4c(-c5ccccc5)ccc4-c4ccccc4)ccc23)c1. The van der Waals surface area contributed by atoms with Crippen molar-refractivity contribution in [1.29, 1.82) is 0 Å². The van der Waals surface area contributed by atoms with Crippen molar-refractivity contribution in [1.82, 2.24) is 4.57 Å². The van der Waals surface area contributed by atoms with E-state index in [1.54, 1.807) is 0 Å². The average molecular weight is 604 g/mol. The zero-order valence-corrected chi connectivity index (χ0v) is 27.4. The van der Waals surface area contributed by atoms with Crippen molar-refractivity contribution >= 4 is 21.5 Å². The lowest BCUT2D eigenvalue weighted by atomic mass is 9.84. The minimum Gasteiger partial charge on any atom is -0.309 e. The normalized spacial score (nSPS) is 11.4. The largest absolute Gasteiger partial charge is 0.309 e. The highest BCUT2D eigenvalue weighted by Gasteiger charge is 2.20. The maximum absolute atomic E-state index is 2.43. The molecule has 0 radical (unpaired) electrons. The summed E-state index contributed by atoms with van der Waals surface area (Å²) in [5.41, 5.74) is 16.1. The minimum absolute atomic E-state index is 1.15. The molecule has 0 N–H and O–H groups in total. The average Bonchev–Trinajstić information content (AvgIpc) is 3.52. The van der Waals surface area contributed by atoms with Gasteiger partial charge in [0.05, 0.1) is 11.4 Å². The van der Waals surface area contributed by atoms with Crippen molar-refractivity contribution < 1.29 is 0 Å². The van der Waals surface area contributed by atoms with Crippen LogP contribution in [0, 0.1) is 27.7 Å². The second-order valence-electron chi connectivity index (χ2n) is 12.9. The van der Waals surface area contributed by atoms with Gasteiger partial charge in [0.2, 0.25) is 0 Å². The van der Waals surface area contributed by atoms with Crippen molar-refractivity contribution in [2.45, 2.75) is 27.7 Å². The first kappa shape index (κ1) is 28.8. The molecule has 226 valence electrons. The monoisotopic (exact) mass is 603 g/mol. The van der Waals surface area contributed by atoms with E-state index in [1.807, 2.05) is 0 Å². The fraction of sp³-hybridized carbons (Fsp3) is 0.0870. The van der Waals surface area contributed by atoms with E-state index >= 15 is 0 Å². The fourth-order valence-electron chi connectivity index (χ4n) is 7.55. The lowest BCUT2D eigenvalue weighted by Gasteiger charge is -2.21. The lowest BCUT2D eigenvalue weighted by molar-refractivity contribution is 1.10. The Hall–Kier alpha value is -5.66. The Morgan fingerprint density at radius 3 is 1.19 bits per heavy atom. The quantitative estimate of drug-likeness (QED) is 0.172. The number of fused-ring (bicyclic) bond motifs is 2. The van der Waals surface area contributed by atoms with Gasteiger partial charge in [-0.2, -0.15) is 0 Å². The maximum Gasteiger partial charge on any atom is 0.0535 e. The van der Waals surface area contributed by atoms with Crippen LogP contribution >= 0.6 is 0 Å². The molecule has 0 saturated heterocycles. The van der Waals surface area contributed by atoms with Crippen LogP contribution in [0.4, 0.5) is 0 Å². The Morgan fingerprint density at radius 2 is 0.723 bits per heavy atom. The van der Waals surface area contributed by atoms with Gasteiger partial charge in [-0.25, -0.2) is 0 Å². The number of rotatable bonds is 5. The van der Waals surface area contributed by atoms with Crippen molar-refractivity contribution in [3.8, 4) is 50.5 Å². The van der Waals surface area contributed by atoms with E-state index in [4.69, 9.17) is 0 Å². The van der Waals surface area contributed by atoms with Gasteiger partial charge >= 0.3 is 0 Å². The molecule has 0 amide bonds. The fourth-order valence-corrected chi connectivity index (χ4v) is 7.55. The molecule has 0 aliphatic rings. The van der Waals surface area contributed by atoms with Gasteiger partial charge in [-0.15, -0.1) is 0 Å². The van der Waals surface area contributed by atoms with Gasteiger partial charge in [-0.05, 0) is 107 Å². The highest BCUT2D eigenvalue weighted by atomic mass is 15.0. The summed E-state index contributed by atoms with van der Waals surface area (Å²) in [6.07, 6.45) is 0. The Labute approximate surface area is 277 Å². The molecule has 0 bridgehead atoms. The number of aryl methyl sites for hydroxylation is 4. The predicted octanol–water partition coefficient (Wildman–Crippen LogP) is 12.7. The van der Waals surface area contributed by atoms with Gasteiger partial charge in [0.25, 0.3) is 0 Å². The predicted molar refractivity (Wildman–Crippen MR) is 201 cm³/mol. The van der Waals surface area contributed by atoms with Gasteiger partial charge < -0.3 is 4.57 Å². The van der Waals surface area contributed by atoms with E-state index in [0.29, 0.717) is 0 Å². The van der Waals surface area contributed by atoms with E-state index in [1.165, 1.54) is 88.6 Å². The highest BCUT2D eigenvalue weighted by molar-refractivity contribution is 6.21. The molecule has 0 aliphatic heterocycles. The standard InChI is InChI=1S/C46H37N/c1-30-23-31(2)26-36(25-30)45-39-17-11-12-18-40(39)46(37-27-32(3)24-33(4)28-37)42-29-38(19-20-41(42)45)47-43(34-13-7-5-8-14-34)21-22-44(47)35-15-9-6-10-16-35/h5-29H,1-4H3. The summed E-state index contributed by atoms with van der Waals surface area (Å²) in [5.74, 6) is 0. The van der Waals surface area contributed by atoms with Crippen LogP contribution in [0.15, 0.2) is 152 Å². The van der Waals surface area contributed by atoms with Crippen LogP contribution in [0.1, 0.15) is 22.3 Å². The third kappa shape index (κ3) is 5.15. The number of benzene rings is 7. The molecule has 1 heteroatoms. The molecule has 1 heterocycles. The Morgan fingerprint density at radius 1 is 0.319 bits per heavy atom. The maximum atomic E-state index is 2.43. The van der Waals surface area contributed by atoms with E-state index in [2.05, 4.69) is 184 Å². The minimum atomic E-state index is 1.15. The third-order valence-electron chi connectivity index (χ3n) is 9.31. The number of hydrogen-bond donors (Lipinski definition) is 0. The smallest absolute Gasteiger partial charge is 0.0535 e. The van der Waals surface area contributed by atoms with E-state index < -0.39 is 0 Å². The molecule has 0 fully saturated rings. The molecule has 0 saturated carbocycles. The second kappa shape index (κ2) is 11.6. The first-order valence-corrected chi connectivity index (χ1v) is 16.4. The molecule has 1 nitrogen and oxygen atoms in total. The van der Waals surface area contributed by atoms with Gasteiger partial charge in [-0.3, -0.25) is 0 Å². The molecule has 47 heavy (non-hydrogen) atoms. The van der Waals surface area contributed by atoms with Gasteiger partial charge in [0.15, 0.2) is 0 Å². The van der Waals surface area contributed by atoms with Crippen molar-refractivity contribution in [2.24, 2.45) is 0 Å². The van der Waals surface area contributed by atoms with E-state index in [-0.39, 0.29) is 0 Å². The van der Waals surface area contributed by atoms with Crippen LogP contribution in [0.3, 0.4) is 0 Å². The lowest BCUT2D eigenvalue weighted by Crippen LogP contribution is -2.00. The molecule has 8 rings (SSSR count). The molecule has 0 aliphatic carbocycles. The molecule has 0 atom stereocenters. The number of aromatic nitrogens is 1. The highest BCUT2D eigenvalue weighted by Crippen LogP contribution is 2.45. The first-order chi connectivity index (χ1) is 22.9. The summed E-state index contributed by atoms with van der Waals surface area (Å²) in [5, 5.41) is 5.08. The van der Waals surface area contributed by atoms with Gasteiger partial charge in [0.1, 0.15) is 0 Å². The Balaban J connectivity index is 1.52. The summed E-state index contributed by atoms with van der Waals surface area (Å²) in [6.45, 7) is 8.80. The topological polar surface area (TPSA) is 4.93 Å². The first-order valence-electron chi connectivity index (χ1n) is 16.4. The molecule has 7 aromatic carbocycles. The van der Waals surface area contributed by atoms with Crippen molar-refractivity contribution in [3.05, 3.63) is 174 Å². The van der Waals surface area contributed by atoms with Gasteiger partial charge in [-0.1, -0.05) is 150 Å². The Kier molecular flexibility index (Phi) is 7.11. The van der Waals surface area contributed by atoms with Crippen LogP contribution in [0.2, 0.25) is 0 Å². The number of hydrogen-bond acceptors (Lipinski definition) is 0. The van der Waals surface area contributed by atoms with Gasteiger partial charge in [0, 0.05) is 5.69 Å². The van der Waals surface area contributed by atoms with Crippen LogP contribution in [0.5, 0.6) is 0 Å². The van der Waals surface area contributed by atoms with Crippen LogP contribution in [-0.2, 0) is 0 Å². The third-order valence-corrected chi connectivity index (χ3v) is 9.31. The molecular formula is C46H37N. The van der Waals surface area contributed by atoms with Crippen LogP contribution in [0.25, 0.3) is 72.0 Å². The molecular weight excluding hydrogens is 567 g/mol. The summed E-state index contributed by atoms with van der Waals surface area (Å²) >= 11 is 0. The van der Waals surface area contributed by atoms with Crippen LogP contribution in [-0.4, -0.2) is 4.57 Å². The molecule has 8 aromatic rings. The van der Waals surface area contributed by atoms with Crippen molar-refractivity contribution in [3.63, 3.8) is 0 Å². The summed E-state index contributed by atoms with van der Waals surface area (Å²) in [7, 11) is 0. The number of nitrogens with zero attached hydrogens (tertiary/aromatic N) is 1. The molecule has 0 spiro atoms. The summed E-state index contributed by atoms with van der Waals surface area (Å²) < 4.78 is 2.43. The summed E-state index contributed by atoms with van der Waals surface area (Å²) in [4.78, 5) is 0. The zero-order chi connectivity index (χ0) is 32.1. The molecule has 1 aromatic heterocycles. The van der Waals surface area contributed by atoms with E-state index in [9.17, 15) is 0 Å². The molecule has 0 unspecified atom stereocenters. The van der Waals surface area contributed by atoms with Crippen LogP contribution < -0.4 is 0 Å². The second-order valence-corrected chi connectivity index (χ2v) is 12.9.